The molecule has 1 N–H and O–H groups in total. The van der Waals surface area contributed by atoms with Gasteiger partial charge in [-0.15, -0.1) is 0 Å². The van der Waals surface area contributed by atoms with Gasteiger partial charge in [0.2, 0.25) is 5.91 Å². The molecule has 5 nitrogen and oxygen atoms in total. The van der Waals surface area contributed by atoms with Gasteiger partial charge in [-0.05, 0) is 49.6 Å². The lowest BCUT2D eigenvalue weighted by molar-refractivity contribution is -0.133. The van der Waals surface area contributed by atoms with Crippen LogP contribution in [0.4, 0.5) is 0 Å². The molecule has 0 saturated heterocycles. The number of hydrogen-bond acceptors (Lipinski definition) is 2. The molecule has 1 aliphatic heterocycles. The number of fused-ring (bicyclic) bond motifs is 3. The lowest BCUT2D eigenvalue weighted by atomic mass is 9.93. The highest BCUT2D eigenvalue weighted by atomic mass is 35.5. The molecule has 2 aliphatic rings. The van der Waals surface area contributed by atoms with E-state index in [4.69, 9.17) is 11.6 Å². The highest BCUT2D eigenvalue weighted by molar-refractivity contribution is 6.30. The minimum Gasteiger partial charge on any atom is -0.351 e. The summed E-state index contributed by atoms with van der Waals surface area (Å²) < 4.78 is 2.00. The maximum Gasteiger partial charge on any atom is 0.271 e. The number of para-hydroxylation sites is 1. The summed E-state index contributed by atoms with van der Waals surface area (Å²) in [5.74, 6) is -0.202. The van der Waals surface area contributed by atoms with Gasteiger partial charge in [0.05, 0.1) is 6.54 Å². The molecule has 1 aromatic heterocycles. The molecule has 160 valence electrons. The number of nitrogens with zero attached hydrogens (tertiary/aromatic N) is 2. The number of rotatable bonds is 4. The number of carbonyl (C=O) groups is 2. The van der Waals surface area contributed by atoms with E-state index in [-0.39, 0.29) is 17.9 Å². The molecule has 0 bridgehead atoms. The van der Waals surface area contributed by atoms with Crippen molar-refractivity contribution in [2.24, 2.45) is 0 Å². The molecule has 6 heteroatoms. The molecule has 1 atom stereocenters. The quantitative estimate of drug-likeness (QED) is 0.641. The Morgan fingerprint density at radius 3 is 2.58 bits per heavy atom. The molecule has 0 radical (unpaired) electrons. The van der Waals surface area contributed by atoms with Crippen LogP contribution in [0, 0.1) is 0 Å². The van der Waals surface area contributed by atoms with Crippen LogP contribution in [0.3, 0.4) is 0 Å². The van der Waals surface area contributed by atoms with Crippen LogP contribution in [-0.2, 0) is 17.9 Å². The third-order valence-corrected chi connectivity index (χ3v) is 7.02. The first kappa shape index (κ1) is 20.1. The van der Waals surface area contributed by atoms with Crippen molar-refractivity contribution in [2.75, 3.05) is 0 Å². The van der Waals surface area contributed by atoms with Crippen molar-refractivity contribution in [3.8, 4) is 0 Å². The molecule has 0 spiro atoms. The lowest BCUT2D eigenvalue weighted by Gasteiger charge is -2.44. The zero-order chi connectivity index (χ0) is 21.6. The van der Waals surface area contributed by atoms with Gasteiger partial charge in [-0.2, -0.15) is 0 Å². The molecule has 31 heavy (non-hydrogen) atoms. The Hall–Kier alpha value is -2.79. The van der Waals surface area contributed by atoms with E-state index in [0.29, 0.717) is 23.8 Å². The van der Waals surface area contributed by atoms with Crippen LogP contribution >= 0.6 is 11.6 Å². The van der Waals surface area contributed by atoms with E-state index in [1.54, 1.807) is 4.90 Å². The largest absolute Gasteiger partial charge is 0.351 e. The van der Waals surface area contributed by atoms with Crippen LogP contribution in [0.1, 0.15) is 48.7 Å². The topological polar surface area (TPSA) is 54.3 Å². The highest BCUT2D eigenvalue weighted by Crippen LogP contribution is 2.34. The summed E-state index contributed by atoms with van der Waals surface area (Å²) in [7, 11) is 0. The number of hydrogen-bond donors (Lipinski definition) is 1. The van der Waals surface area contributed by atoms with E-state index in [0.717, 1.165) is 42.1 Å². The van der Waals surface area contributed by atoms with Gasteiger partial charge in [0.1, 0.15) is 11.2 Å². The molecule has 1 aliphatic carbocycles. The van der Waals surface area contributed by atoms with E-state index >= 15 is 0 Å². The third-order valence-electron chi connectivity index (χ3n) is 6.77. The number of carbonyl (C=O) groups excluding carboxylic acids is 2. The van der Waals surface area contributed by atoms with Crippen molar-refractivity contribution < 1.29 is 9.59 Å². The van der Waals surface area contributed by atoms with Gasteiger partial charge in [0.25, 0.3) is 5.91 Å². The van der Waals surface area contributed by atoms with Crippen molar-refractivity contribution in [1.29, 1.82) is 0 Å². The van der Waals surface area contributed by atoms with Crippen molar-refractivity contribution in [3.05, 3.63) is 70.9 Å². The minimum absolute atomic E-state index is 0.0786. The zero-order valence-corrected chi connectivity index (χ0v) is 18.4. The van der Waals surface area contributed by atoms with Gasteiger partial charge in [0, 0.05) is 28.5 Å². The Kier molecular flexibility index (Phi) is 5.01. The number of aromatic nitrogens is 1. The van der Waals surface area contributed by atoms with Crippen LogP contribution in [0.15, 0.2) is 54.6 Å². The first-order valence-corrected chi connectivity index (χ1v) is 11.3. The van der Waals surface area contributed by atoms with E-state index in [1.807, 2.05) is 66.1 Å². The second kappa shape index (κ2) is 7.72. The minimum atomic E-state index is -0.992. The van der Waals surface area contributed by atoms with Crippen LogP contribution in [0.2, 0.25) is 5.02 Å². The van der Waals surface area contributed by atoms with Gasteiger partial charge in [-0.25, -0.2) is 0 Å². The molecular formula is C25H26ClN3O2. The SMILES string of the molecule is CC1(C(=O)NC2CCCC2)Cn2c(cc3ccccc32)C(=O)N1Cc1ccc(Cl)cc1. The van der Waals surface area contributed by atoms with Crippen molar-refractivity contribution in [3.63, 3.8) is 0 Å². The van der Waals surface area contributed by atoms with Gasteiger partial charge >= 0.3 is 0 Å². The van der Waals surface area contributed by atoms with Gasteiger partial charge in [-0.1, -0.05) is 54.8 Å². The smallest absolute Gasteiger partial charge is 0.271 e. The molecular weight excluding hydrogens is 410 g/mol. The highest BCUT2D eigenvalue weighted by Gasteiger charge is 2.48. The van der Waals surface area contributed by atoms with Gasteiger partial charge < -0.3 is 14.8 Å². The maximum absolute atomic E-state index is 13.7. The molecule has 1 fully saturated rings. The summed E-state index contributed by atoms with van der Waals surface area (Å²) in [6.45, 7) is 2.67. The van der Waals surface area contributed by atoms with Crippen LogP contribution in [-0.4, -0.2) is 32.9 Å². The Balaban J connectivity index is 1.56. The zero-order valence-electron chi connectivity index (χ0n) is 17.6. The first-order valence-electron chi connectivity index (χ1n) is 10.9. The normalized spacial score (nSPS) is 21.5. The fraction of sp³-hybridized carbons (Fsp3) is 0.360. The van der Waals surface area contributed by atoms with Gasteiger partial charge in [-0.3, -0.25) is 9.59 Å². The van der Waals surface area contributed by atoms with Crippen molar-refractivity contribution in [2.45, 2.75) is 57.3 Å². The lowest BCUT2D eigenvalue weighted by Crippen LogP contribution is -2.64. The predicted molar refractivity (Wildman–Crippen MR) is 122 cm³/mol. The summed E-state index contributed by atoms with van der Waals surface area (Å²) in [6.07, 6.45) is 4.29. The van der Waals surface area contributed by atoms with Crippen LogP contribution < -0.4 is 5.32 Å². The summed E-state index contributed by atoms with van der Waals surface area (Å²) in [4.78, 5) is 29.0. The average Bonchev–Trinajstić information content (AvgIpc) is 3.40. The molecule has 1 saturated carbocycles. The van der Waals surface area contributed by atoms with E-state index in [1.165, 1.54) is 0 Å². The maximum atomic E-state index is 13.7. The number of nitrogens with one attached hydrogen (secondary N) is 1. The van der Waals surface area contributed by atoms with Crippen molar-refractivity contribution in [1.82, 2.24) is 14.8 Å². The van der Waals surface area contributed by atoms with Gasteiger partial charge in [0.15, 0.2) is 0 Å². The second-order valence-electron chi connectivity index (χ2n) is 8.92. The Morgan fingerprint density at radius 2 is 1.84 bits per heavy atom. The number of halogens is 1. The average molecular weight is 436 g/mol. The van der Waals surface area contributed by atoms with E-state index < -0.39 is 5.54 Å². The molecule has 3 aromatic rings. The monoisotopic (exact) mass is 435 g/mol. The fourth-order valence-electron chi connectivity index (χ4n) is 4.94. The summed E-state index contributed by atoms with van der Waals surface area (Å²) >= 11 is 6.05. The molecule has 1 unspecified atom stereocenters. The summed E-state index contributed by atoms with van der Waals surface area (Å²) in [5.41, 5.74) is 1.56. The number of benzene rings is 2. The van der Waals surface area contributed by atoms with E-state index in [2.05, 4.69) is 5.32 Å². The van der Waals surface area contributed by atoms with Crippen LogP contribution in [0.5, 0.6) is 0 Å². The Bertz CT molecular complexity index is 1150. The molecule has 2 aromatic carbocycles. The number of amides is 2. The Labute approximate surface area is 187 Å². The predicted octanol–water partition coefficient (Wildman–Crippen LogP) is 4.77. The molecule has 2 heterocycles. The molecule has 5 rings (SSSR count). The van der Waals surface area contributed by atoms with Crippen molar-refractivity contribution >= 4 is 34.3 Å². The summed E-state index contributed by atoms with van der Waals surface area (Å²) in [5, 5.41) is 4.90. The Morgan fingerprint density at radius 1 is 1.13 bits per heavy atom. The van der Waals surface area contributed by atoms with Crippen LogP contribution in [0.25, 0.3) is 10.9 Å². The fourth-order valence-corrected chi connectivity index (χ4v) is 5.06. The third kappa shape index (κ3) is 3.51. The second-order valence-corrected chi connectivity index (χ2v) is 9.36. The summed E-state index contributed by atoms with van der Waals surface area (Å²) in [6, 6.07) is 17.5. The standard InChI is InChI=1S/C25H26ClN3O2/c1-25(24(31)27-20-7-3-4-8-20)16-28-21-9-5-2-6-18(21)14-22(28)23(30)29(25)15-17-10-12-19(26)13-11-17/h2,5-6,9-14,20H,3-4,7-8,15-16H2,1H3,(H,27,31). The molecule has 2 amide bonds. The first-order chi connectivity index (χ1) is 15.0. The van der Waals surface area contributed by atoms with E-state index in [9.17, 15) is 9.59 Å².